The number of ketones is 1. The summed E-state index contributed by atoms with van der Waals surface area (Å²) in [4.78, 5) is 13.8. The van der Waals surface area contributed by atoms with Gasteiger partial charge in [0.15, 0.2) is 5.78 Å². The van der Waals surface area contributed by atoms with Crippen molar-refractivity contribution in [2.24, 2.45) is 0 Å². The second-order valence-corrected chi connectivity index (χ2v) is 5.69. The average molecular weight is 254 g/mol. The summed E-state index contributed by atoms with van der Waals surface area (Å²) < 4.78 is 0. The molecule has 15 heavy (non-hydrogen) atoms. The van der Waals surface area contributed by atoms with Gasteiger partial charge < -0.3 is 0 Å². The molecule has 0 spiro atoms. The Hall–Kier alpha value is -0.580. The second kappa shape index (κ2) is 4.96. The first kappa shape index (κ1) is 10.9. The molecule has 2 heterocycles. The van der Waals surface area contributed by atoms with Gasteiger partial charge in [-0.2, -0.15) is 12.6 Å². The van der Waals surface area contributed by atoms with Crippen LogP contribution in [0.1, 0.15) is 26.2 Å². The summed E-state index contributed by atoms with van der Waals surface area (Å²) >= 11 is 7.59. The summed E-state index contributed by atoms with van der Waals surface area (Å²) in [5.41, 5.74) is 0. The third kappa shape index (κ3) is 2.71. The Labute approximate surface area is 102 Å². The van der Waals surface area contributed by atoms with E-state index in [4.69, 9.17) is 0 Å². The van der Waals surface area contributed by atoms with Crippen molar-refractivity contribution in [1.29, 1.82) is 0 Å². The van der Waals surface area contributed by atoms with Crippen molar-refractivity contribution in [3.8, 4) is 0 Å². The molecular formula is C11H10OS3. The van der Waals surface area contributed by atoms with E-state index < -0.39 is 0 Å². The molecule has 0 bridgehead atoms. The Morgan fingerprint density at radius 3 is 2.60 bits per heavy atom. The molecule has 1 unspecified atom stereocenters. The Morgan fingerprint density at radius 2 is 2.00 bits per heavy atom. The first-order chi connectivity index (χ1) is 7.27. The van der Waals surface area contributed by atoms with Crippen LogP contribution in [-0.4, -0.2) is 5.78 Å². The predicted molar refractivity (Wildman–Crippen MR) is 69.3 cm³/mol. The van der Waals surface area contributed by atoms with Crippen molar-refractivity contribution >= 4 is 41.1 Å². The van der Waals surface area contributed by atoms with E-state index in [0.29, 0.717) is 6.42 Å². The van der Waals surface area contributed by atoms with Crippen molar-refractivity contribution in [3.05, 3.63) is 44.8 Å². The molecule has 2 rings (SSSR count). The van der Waals surface area contributed by atoms with Crippen LogP contribution in [0.2, 0.25) is 0 Å². The molecule has 0 saturated heterocycles. The largest absolute Gasteiger partial charge is 0.293 e. The summed E-state index contributed by atoms with van der Waals surface area (Å²) in [7, 11) is 0. The summed E-state index contributed by atoms with van der Waals surface area (Å²) in [6.07, 6.45) is 0.476. The Morgan fingerprint density at radius 1 is 1.27 bits per heavy atom. The minimum Gasteiger partial charge on any atom is -0.293 e. The van der Waals surface area contributed by atoms with Crippen LogP contribution in [0.25, 0.3) is 0 Å². The highest BCUT2D eigenvalue weighted by molar-refractivity contribution is 7.80. The van der Waals surface area contributed by atoms with E-state index in [-0.39, 0.29) is 11.0 Å². The SMILES string of the molecule is O=C(CC(S)c1cccs1)c1cccs1. The number of Topliss-reactive ketones (excluding diaryl/α,β-unsaturated/α-hetero) is 1. The molecule has 4 heteroatoms. The number of hydrogen-bond acceptors (Lipinski definition) is 4. The van der Waals surface area contributed by atoms with Gasteiger partial charge in [0.2, 0.25) is 0 Å². The normalized spacial score (nSPS) is 12.6. The zero-order chi connectivity index (χ0) is 10.7. The lowest BCUT2D eigenvalue weighted by atomic mass is 10.1. The van der Waals surface area contributed by atoms with Gasteiger partial charge in [-0.05, 0) is 22.9 Å². The molecule has 0 amide bonds. The highest BCUT2D eigenvalue weighted by Crippen LogP contribution is 2.29. The third-order valence-corrected chi connectivity index (χ3v) is 4.58. The first-order valence-electron chi connectivity index (χ1n) is 4.55. The van der Waals surface area contributed by atoms with Crippen molar-refractivity contribution in [3.63, 3.8) is 0 Å². The highest BCUT2D eigenvalue weighted by atomic mass is 32.1. The summed E-state index contributed by atoms with van der Waals surface area (Å²) in [5.74, 6) is 0.179. The van der Waals surface area contributed by atoms with Crippen molar-refractivity contribution in [1.82, 2.24) is 0 Å². The van der Waals surface area contributed by atoms with Gasteiger partial charge in [-0.25, -0.2) is 0 Å². The molecule has 0 aliphatic rings. The van der Waals surface area contributed by atoms with E-state index in [1.807, 2.05) is 35.0 Å². The number of rotatable bonds is 4. The van der Waals surface area contributed by atoms with Gasteiger partial charge in [-0.3, -0.25) is 4.79 Å². The van der Waals surface area contributed by atoms with Crippen LogP contribution < -0.4 is 0 Å². The molecule has 0 aliphatic carbocycles. The fourth-order valence-corrected chi connectivity index (χ4v) is 3.12. The number of carbonyl (C=O) groups excluding carboxylic acids is 1. The standard InChI is InChI=1S/C11H10OS3/c12-8(10-3-1-5-14-10)7-9(13)11-4-2-6-15-11/h1-6,9,13H,7H2. The van der Waals surface area contributed by atoms with Crippen LogP contribution in [0, 0.1) is 0 Å². The van der Waals surface area contributed by atoms with E-state index in [0.717, 1.165) is 9.75 Å². The molecule has 0 radical (unpaired) electrons. The zero-order valence-electron chi connectivity index (χ0n) is 7.92. The molecule has 2 aromatic heterocycles. The number of carbonyl (C=O) groups is 1. The van der Waals surface area contributed by atoms with Crippen LogP contribution in [-0.2, 0) is 0 Å². The van der Waals surface area contributed by atoms with Crippen LogP contribution in [0.5, 0.6) is 0 Å². The lowest BCUT2D eigenvalue weighted by Crippen LogP contribution is -2.00. The van der Waals surface area contributed by atoms with Crippen LogP contribution in [0.4, 0.5) is 0 Å². The molecule has 1 atom stereocenters. The summed E-state index contributed by atoms with van der Waals surface area (Å²) in [6.45, 7) is 0. The topological polar surface area (TPSA) is 17.1 Å². The van der Waals surface area contributed by atoms with Gasteiger partial charge >= 0.3 is 0 Å². The molecule has 78 valence electrons. The Balaban J connectivity index is 2.01. The zero-order valence-corrected chi connectivity index (χ0v) is 10.4. The molecule has 0 fully saturated rings. The van der Waals surface area contributed by atoms with Gasteiger partial charge in [-0.1, -0.05) is 12.1 Å². The van der Waals surface area contributed by atoms with Crippen LogP contribution in [0.15, 0.2) is 35.0 Å². The smallest absolute Gasteiger partial charge is 0.174 e. The maximum Gasteiger partial charge on any atom is 0.174 e. The van der Waals surface area contributed by atoms with Crippen molar-refractivity contribution in [2.45, 2.75) is 11.7 Å². The molecule has 0 aliphatic heterocycles. The van der Waals surface area contributed by atoms with E-state index in [1.54, 1.807) is 11.3 Å². The first-order valence-corrected chi connectivity index (χ1v) is 6.83. The van der Waals surface area contributed by atoms with Crippen LogP contribution in [0.3, 0.4) is 0 Å². The van der Waals surface area contributed by atoms with Gasteiger partial charge in [0.1, 0.15) is 0 Å². The van der Waals surface area contributed by atoms with E-state index in [9.17, 15) is 4.79 Å². The number of hydrogen-bond donors (Lipinski definition) is 1. The monoisotopic (exact) mass is 254 g/mol. The molecule has 2 aromatic rings. The van der Waals surface area contributed by atoms with E-state index >= 15 is 0 Å². The van der Waals surface area contributed by atoms with Crippen molar-refractivity contribution < 1.29 is 4.79 Å². The minimum atomic E-state index is 0.0274. The maximum absolute atomic E-state index is 11.8. The van der Waals surface area contributed by atoms with Crippen LogP contribution >= 0.6 is 35.3 Å². The molecule has 0 N–H and O–H groups in total. The van der Waals surface area contributed by atoms with E-state index in [2.05, 4.69) is 12.6 Å². The summed E-state index contributed by atoms with van der Waals surface area (Å²) in [6, 6.07) is 7.77. The van der Waals surface area contributed by atoms with Gasteiger partial charge in [0, 0.05) is 16.5 Å². The second-order valence-electron chi connectivity index (χ2n) is 3.14. The van der Waals surface area contributed by atoms with Gasteiger partial charge in [0.25, 0.3) is 0 Å². The van der Waals surface area contributed by atoms with Gasteiger partial charge in [-0.15, -0.1) is 22.7 Å². The van der Waals surface area contributed by atoms with E-state index in [1.165, 1.54) is 11.3 Å². The molecule has 0 saturated carbocycles. The Bertz CT molecular complexity index is 417. The molecular weight excluding hydrogens is 244 g/mol. The fourth-order valence-electron chi connectivity index (χ4n) is 1.29. The quantitative estimate of drug-likeness (QED) is 0.643. The highest BCUT2D eigenvalue weighted by Gasteiger charge is 2.14. The lowest BCUT2D eigenvalue weighted by Gasteiger charge is -2.05. The maximum atomic E-state index is 11.8. The number of thiol groups is 1. The summed E-state index contributed by atoms with van der Waals surface area (Å²) in [5, 5.41) is 3.96. The molecule has 0 aromatic carbocycles. The molecule has 1 nitrogen and oxygen atoms in total. The number of thiophene rings is 2. The lowest BCUT2D eigenvalue weighted by molar-refractivity contribution is 0.0986. The Kier molecular flexibility index (Phi) is 3.61. The average Bonchev–Trinajstić information content (AvgIpc) is 2.91. The third-order valence-electron chi connectivity index (χ3n) is 2.05. The predicted octanol–water partition coefficient (Wildman–Crippen LogP) is 4.05. The van der Waals surface area contributed by atoms with Gasteiger partial charge in [0.05, 0.1) is 4.88 Å². The fraction of sp³-hybridized carbons (Fsp3) is 0.182. The minimum absolute atomic E-state index is 0.0274. The van der Waals surface area contributed by atoms with Crippen molar-refractivity contribution in [2.75, 3.05) is 0 Å².